The number of benzene rings is 1. The number of hydrogen-bond donors (Lipinski definition) is 1. The fourth-order valence-electron chi connectivity index (χ4n) is 3.85. The van der Waals surface area contributed by atoms with Gasteiger partial charge in [0.05, 0.1) is 20.1 Å². The maximum absolute atomic E-state index is 11.3. The van der Waals surface area contributed by atoms with Crippen LogP contribution in [0.5, 0.6) is 11.5 Å². The summed E-state index contributed by atoms with van der Waals surface area (Å²) in [6, 6.07) is 7.99. The number of hydrogen-bond acceptors (Lipinski definition) is 5. The Morgan fingerprint density at radius 1 is 1.31 bits per heavy atom. The van der Waals surface area contributed by atoms with Crippen LogP contribution in [0.3, 0.4) is 0 Å². The first-order valence-electron chi connectivity index (χ1n) is 9.95. The van der Waals surface area contributed by atoms with Crippen molar-refractivity contribution < 1.29 is 19.4 Å². The van der Waals surface area contributed by atoms with Crippen molar-refractivity contribution in [2.24, 2.45) is 5.92 Å². The van der Waals surface area contributed by atoms with Crippen LogP contribution in [0.2, 0.25) is 0 Å². The monoisotopic (exact) mass is 415 g/mol. The minimum Gasteiger partial charge on any atom is -0.497 e. The molecular weight excluding hydrogens is 386 g/mol. The highest BCUT2D eigenvalue weighted by molar-refractivity contribution is 7.11. The summed E-state index contributed by atoms with van der Waals surface area (Å²) in [5, 5.41) is 11.4. The Morgan fingerprint density at radius 2 is 2.14 bits per heavy atom. The second kappa shape index (κ2) is 9.94. The Bertz CT molecular complexity index is 874. The normalized spacial score (nSPS) is 17.9. The Hall–Kier alpha value is -2.31. The average Bonchev–Trinajstić information content (AvgIpc) is 3.16. The molecule has 0 amide bonds. The van der Waals surface area contributed by atoms with E-state index >= 15 is 0 Å². The number of likely N-dealkylation sites (tertiary alicyclic amines) is 1. The fraction of sp³-hybridized carbons (Fsp3) is 0.435. The molecule has 1 aromatic heterocycles. The van der Waals surface area contributed by atoms with E-state index in [9.17, 15) is 9.90 Å². The molecule has 0 saturated carbocycles. The van der Waals surface area contributed by atoms with Gasteiger partial charge in [0.1, 0.15) is 11.5 Å². The molecule has 1 fully saturated rings. The quantitative estimate of drug-likeness (QED) is 0.678. The van der Waals surface area contributed by atoms with Gasteiger partial charge in [0.25, 0.3) is 0 Å². The molecule has 1 aromatic carbocycles. The minimum atomic E-state index is -0.679. The lowest BCUT2D eigenvalue weighted by Crippen LogP contribution is -2.39. The molecule has 1 unspecified atom stereocenters. The van der Waals surface area contributed by atoms with E-state index in [-0.39, 0.29) is 5.92 Å². The van der Waals surface area contributed by atoms with Crippen molar-refractivity contribution in [2.45, 2.75) is 26.2 Å². The molecule has 29 heavy (non-hydrogen) atoms. The number of aryl methyl sites for hydroxylation is 1. The van der Waals surface area contributed by atoms with Crippen molar-refractivity contribution in [3.63, 3.8) is 0 Å². The lowest BCUT2D eigenvalue weighted by Gasteiger charge is -2.30. The number of aliphatic carboxylic acids is 1. The van der Waals surface area contributed by atoms with Crippen LogP contribution in [0, 0.1) is 12.8 Å². The number of nitrogens with zero attached hydrogens (tertiary/aromatic N) is 1. The molecule has 1 aliphatic heterocycles. The number of carboxylic acid groups (broad SMARTS) is 1. The highest BCUT2D eigenvalue weighted by atomic mass is 32.1. The van der Waals surface area contributed by atoms with Gasteiger partial charge in [-0.3, -0.25) is 4.79 Å². The number of methoxy groups -OCH3 is 2. The molecule has 5 nitrogen and oxygen atoms in total. The maximum Gasteiger partial charge on any atom is 0.307 e. The molecule has 1 aliphatic rings. The zero-order valence-electron chi connectivity index (χ0n) is 17.3. The zero-order valence-corrected chi connectivity index (χ0v) is 18.1. The van der Waals surface area contributed by atoms with E-state index in [0.29, 0.717) is 6.54 Å². The van der Waals surface area contributed by atoms with Crippen LogP contribution >= 0.6 is 11.3 Å². The van der Waals surface area contributed by atoms with Crippen molar-refractivity contribution >= 4 is 22.9 Å². The third-order valence-electron chi connectivity index (χ3n) is 5.45. The highest BCUT2D eigenvalue weighted by Gasteiger charge is 2.25. The van der Waals surface area contributed by atoms with Gasteiger partial charge in [-0.2, -0.15) is 0 Å². The molecule has 2 heterocycles. The summed E-state index contributed by atoms with van der Waals surface area (Å²) in [5.41, 5.74) is 3.38. The summed E-state index contributed by atoms with van der Waals surface area (Å²) in [6.07, 6.45) is 4.82. The lowest BCUT2D eigenvalue weighted by atomic mass is 9.97. The zero-order chi connectivity index (χ0) is 20.8. The molecule has 1 saturated heterocycles. The SMILES string of the molecule is COc1ccc(OC)c(C(=CCCN2CCCC(C(=O)O)C2)c2sccc2C)c1. The van der Waals surface area contributed by atoms with Gasteiger partial charge in [-0.15, -0.1) is 11.3 Å². The highest BCUT2D eigenvalue weighted by Crippen LogP contribution is 2.37. The van der Waals surface area contributed by atoms with E-state index in [1.165, 1.54) is 10.4 Å². The molecule has 0 aliphatic carbocycles. The van der Waals surface area contributed by atoms with Gasteiger partial charge in [-0.05, 0) is 73.5 Å². The standard InChI is InChI=1S/C23H29NO4S/c1-16-10-13-29-22(16)19(20-14-18(27-2)8-9-21(20)28-3)7-5-12-24-11-4-6-17(15-24)23(25)26/h7-10,13-14,17H,4-6,11-12,15H2,1-3H3,(H,25,26). The largest absolute Gasteiger partial charge is 0.497 e. The van der Waals surface area contributed by atoms with E-state index in [1.54, 1.807) is 25.6 Å². The summed E-state index contributed by atoms with van der Waals surface area (Å²) in [4.78, 5) is 14.8. The summed E-state index contributed by atoms with van der Waals surface area (Å²) in [5.74, 6) is 0.682. The topological polar surface area (TPSA) is 59.0 Å². The van der Waals surface area contributed by atoms with Crippen LogP contribution in [0.1, 0.15) is 35.3 Å². The van der Waals surface area contributed by atoms with Crippen LogP contribution < -0.4 is 9.47 Å². The van der Waals surface area contributed by atoms with Crippen molar-refractivity contribution in [3.8, 4) is 11.5 Å². The number of thiophene rings is 1. The van der Waals surface area contributed by atoms with E-state index in [2.05, 4.69) is 29.3 Å². The van der Waals surface area contributed by atoms with E-state index < -0.39 is 5.97 Å². The smallest absolute Gasteiger partial charge is 0.307 e. The fourth-order valence-corrected chi connectivity index (χ4v) is 4.83. The third-order valence-corrected chi connectivity index (χ3v) is 6.50. The molecule has 0 radical (unpaired) electrons. The van der Waals surface area contributed by atoms with Crippen LogP contribution in [0.15, 0.2) is 35.7 Å². The van der Waals surface area contributed by atoms with E-state index in [4.69, 9.17) is 9.47 Å². The van der Waals surface area contributed by atoms with Gasteiger partial charge in [0, 0.05) is 23.5 Å². The molecule has 1 N–H and O–H groups in total. The number of carboxylic acids is 1. The van der Waals surface area contributed by atoms with Crippen molar-refractivity contribution in [1.82, 2.24) is 4.90 Å². The second-order valence-electron chi connectivity index (χ2n) is 7.38. The Labute approximate surface area is 176 Å². The summed E-state index contributed by atoms with van der Waals surface area (Å²) < 4.78 is 11.1. The predicted octanol–water partition coefficient (Wildman–Crippen LogP) is 4.69. The predicted molar refractivity (Wildman–Crippen MR) is 117 cm³/mol. The number of ether oxygens (including phenoxy) is 2. The third kappa shape index (κ3) is 5.19. The number of rotatable bonds is 8. The van der Waals surface area contributed by atoms with Gasteiger partial charge in [0.2, 0.25) is 0 Å². The number of carbonyl (C=O) groups is 1. The van der Waals surface area contributed by atoms with Gasteiger partial charge in [-0.1, -0.05) is 6.08 Å². The van der Waals surface area contributed by atoms with Crippen LogP contribution in [0.25, 0.3) is 5.57 Å². The Kier molecular flexibility index (Phi) is 7.34. The molecular formula is C23H29NO4S. The first kappa shape index (κ1) is 21.4. The second-order valence-corrected chi connectivity index (χ2v) is 8.30. The first-order valence-corrected chi connectivity index (χ1v) is 10.8. The Morgan fingerprint density at radius 3 is 2.79 bits per heavy atom. The summed E-state index contributed by atoms with van der Waals surface area (Å²) in [6.45, 7) is 4.57. The lowest BCUT2D eigenvalue weighted by molar-refractivity contribution is -0.143. The van der Waals surface area contributed by atoms with Gasteiger partial charge < -0.3 is 19.5 Å². The summed E-state index contributed by atoms with van der Waals surface area (Å²) >= 11 is 1.72. The maximum atomic E-state index is 11.3. The van der Waals surface area contributed by atoms with Gasteiger partial charge in [0.15, 0.2) is 0 Å². The molecule has 3 rings (SSSR count). The number of piperidine rings is 1. The molecule has 2 aromatic rings. The van der Waals surface area contributed by atoms with E-state index in [1.807, 2.05) is 18.2 Å². The van der Waals surface area contributed by atoms with Crippen LogP contribution in [-0.2, 0) is 4.79 Å². The molecule has 1 atom stereocenters. The van der Waals surface area contributed by atoms with Crippen molar-refractivity contribution in [3.05, 3.63) is 51.7 Å². The molecule has 156 valence electrons. The van der Waals surface area contributed by atoms with Crippen molar-refractivity contribution in [2.75, 3.05) is 33.9 Å². The summed E-state index contributed by atoms with van der Waals surface area (Å²) in [7, 11) is 3.35. The molecule has 6 heteroatoms. The van der Waals surface area contributed by atoms with E-state index in [0.717, 1.165) is 55.0 Å². The van der Waals surface area contributed by atoms with Gasteiger partial charge in [-0.25, -0.2) is 0 Å². The Balaban J connectivity index is 1.86. The first-order chi connectivity index (χ1) is 14.0. The van der Waals surface area contributed by atoms with Gasteiger partial charge >= 0.3 is 5.97 Å². The minimum absolute atomic E-state index is 0.245. The van der Waals surface area contributed by atoms with Crippen molar-refractivity contribution in [1.29, 1.82) is 0 Å². The molecule has 0 bridgehead atoms. The van der Waals surface area contributed by atoms with Crippen LogP contribution in [-0.4, -0.2) is 49.8 Å². The van der Waals surface area contributed by atoms with Crippen LogP contribution in [0.4, 0.5) is 0 Å². The molecule has 0 spiro atoms. The average molecular weight is 416 g/mol.